The van der Waals surface area contributed by atoms with Crippen molar-refractivity contribution in [1.82, 2.24) is 24.2 Å². The largest absolute Gasteiger partial charge is 0.336 e. The van der Waals surface area contributed by atoms with Crippen molar-refractivity contribution in [3.8, 4) is 0 Å². The van der Waals surface area contributed by atoms with Gasteiger partial charge in [0.05, 0.1) is 17.8 Å². The lowest BCUT2D eigenvalue weighted by Crippen LogP contribution is -2.41. The fourth-order valence-corrected chi connectivity index (χ4v) is 3.18. The third-order valence-corrected chi connectivity index (χ3v) is 4.17. The molecule has 1 unspecified atom stereocenters. The molecular weight excluding hydrogens is 266 g/mol. The fraction of sp³-hybridized carbons (Fsp3) is 0.533. The second-order valence-corrected chi connectivity index (χ2v) is 5.77. The first-order valence-corrected chi connectivity index (χ1v) is 7.34. The van der Waals surface area contributed by atoms with Crippen LogP contribution in [-0.4, -0.2) is 43.2 Å². The molecule has 112 valence electrons. The van der Waals surface area contributed by atoms with Gasteiger partial charge in [0.2, 0.25) is 0 Å². The summed E-state index contributed by atoms with van der Waals surface area (Å²) in [5.41, 5.74) is 1.82. The maximum atomic E-state index is 12.5. The highest BCUT2D eigenvalue weighted by molar-refractivity contribution is 5.93. The summed E-state index contributed by atoms with van der Waals surface area (Å²) in [7, 11) is 1.83. The zero-order chi connectivity index (χ0) is 15.0. The summed E-state index contributed by atoms with van der Waals surface area (Å²) in [5, 5.41) is 4.08. The number of rotatable bonds is 2. The normalized spacial score (nSPS) is 19.0. The van der Waals surface area contributed by atoms with Crippen LogP contribution >= 0.6 is 0 Å². The Morgan fingerprint density at radius 2 is 2.14 bits per heavy atom. The Morgan fingerprint density at radius 3 is 2.76 bits per heavy atom. The van der Waals surface area contributed by atoms with E-state index < -0.39 is 0 Å². The first-order chi connectivity index (χ1) is 10.1. The first kappa shape index (κ1) is 13.9. The van der Waals surface area contributed by atoms with Gasteiger partial charge in [-0.1, -0.05) is 0 Å². The lowest BCUT2D eigenvalue weighted by molar-refractivity contribution is 0.0677. The molecule has 0 bridgehead atoms. The molecule has 0 aliphatic carbocycles. The average molecular weight is 287 g/mol. The minimum Gasteiger partial charge on any atom is -0.336 e. The maximum Gasteiger partial charge on any atom is 0.257 e. The Hall–Kier alpha value is -2.11. The van der Waals surface area contributed by atoms with Crippen LogP contribution in [0, 0.1) is 13.8 Å². The molecule has 1 aliphatic heterocycles. The molecule has 1 fully saturated rings. The van der Waals surface area contributed by atoms with Crippen molar-refractivity contribution in [3.63, 3.8) is 0 Å². The Bertz CT molecular complexity index is 637. The molecule has 1 saturated heterocycles. The molecule has 0 spiro atoms. The summed E-state index contributed by atoms with van der Waals surface area (Å²) in [6, 6.07) is 0.321. The molecule has 1 aliphatic rings. The second-order valence-electron chi connectivity index (χ2n) is 5.77. The van der Waals surface area contributed by atoms with Crippen molar-refractivity contribution < 1.29 is 4.79 Å². The van der Waals surface area contributed by atoms with Gasteiger partial charge in [-0.3, -0.25) is 9.48 Å². The minimum atomic E-state index is 0.0724. The monoisotopic (exact) mass is 287 g/mol. The van der Waals surface area contributed by atoms with Gasteiger partial charge in [-0.15, -0.1) is 0 Å². The zero-order valence-corrected chi connectivity index (χ0v) is 12.8. The van der Waals surface area contributed by atoms with Gasteiger partial charge >= 0.3 is 0 Å². The number of carbonyl (C=O) groups excluding carboxylic acids is 1. The molecule has 3 rings (SSSR count). The fourth-order valence-electron chi connectivity index (χ4n) is 3.18. The van der Waals surface area contributed by atoms with Crippen LogP contribution < -0.4 is 0 Å². The number of hydrogen-bond acceptors (Lipinski definition) is 3. The minimum absolute atomic E-state index is 0.0724. The van der Waals surface area contributed by atoms with Crippen LogP contribution in [0.1, 0.15) is 40.8 Å². The SMILES string of the molecule is Cc1cnc(C)n1C1CCCN(C(=O)c2cnn(C)c2)C1. The van der Waals surface area contributed by atoms with Crippen molar-refractivity contribution in [1.29, 1.82) is 0 Å². The number of likely N-dealkylation sites (tertiary alicyclic amines) is 1. The summed E-state index contributed by atoms with van der Waals surface area (Å²) >= 11 is 0. The molecule has 0 radical (unpaired) electrons. The maximum absolute atomic E-state index is 12.5. The Balaban J connectivity index is 1.78. The van der Waals surface area contributed by atoms with E-state index in [4.69, 9.17) is 0 Å². The predicted molar refractivity (Wildman–Crippen MR) is 79.1 cm³/mol. The van der Waals surface area contributed by atoms with Gasteiger partial charge in [0.1, 0.15) is 5.82 Å². The van der Waals surface area contributed by atoms with E-state index in [9.17, 15) is 4.79 Å². The molecule has 0 saturated carbocycles. The lowest BCUT2D eigenvalue weighted by Gasteiger charge is -2.34. The summed E-state index contributed by atoms with van der Waals surface area (Å²) < 4.78 is 3.92. The van der Waals surface area contributed by atoms with Crippen molar-refractivity contribution >= 4 is 5.91 Å². The lowest BCUT2D eigenvalue weighted by atomic mass is 10.0. The van der Waals surface area contributed by atoms with Gasteiger partial charge in [0, 0.05) is 38.2 Å². The molecule has 2 aromatic heterocycles. The highest BCUT2D eigenvalue weighted by atomic mass is 16.2. The average Bonchev–Trinajstić information content (AvgIpc) is 3.04. The number of nitrogens with zero attached hydrogens (tertiary/aromatic N) is 5. The molecule has 2 aromatic rings. The van der Waals surface area contributed by atoms with E-state index in [2.05, 4.69) is 21.6 Å². The highest BCUT2D eigenvalue weighted by Crippen LogP contribution is 2.25. The third-order valence-electron chi connectivity index (χ3n) is 4.17. The second kappa shape index (κ2) is 5.35. The Morgan fingerprint density at radius 1 is 1.33 bits per heavy atom. The summed E-state index contributed by atoms with van der Waals surface area (Å²) in [5.74, 6) is 1.09. The van der Waals surface area contributed by atoms with E-state index in [0.29, 0.717) is 11.6 Å². The first-order valence-electron chi connectivity index (χ1n) is 7.34. The number of carbonyl (C=O) groups is 1. The molecule has 1 amide bonds. The topological polar surface area (TPSA) is 56.0 Å². The number of hydrogen-bond donors (Lipinski definition) is 0. The van der Waals surface area contributed by atoms with E-state index in [1.165, 1.54) is 0 Å². The van der Waals surface area contributed by atoms with E-state index in [1.807, 2.05) is 25.1 Å². The van der Waals surface area contributed by atoms with Crippen molar-refractivity contribution in [2.45, 2.75) is 32.7 Å². The van der Waals surface area contributed by atoms with Crippen LogP contribution in [0.4, 0.5) is 0 Å². The van der Waals surface area contributed by atoms with Gasteiger partial charge in [0.15, 0.2) is 0 Å². The molecular formula is C15H21N5O. The van der Waals surface area contributed by atoms with Crippen LogP contribution in [-0.2, 0) is 7.05 Å². The van der Waals surface area contributed by atoms with Gasteiger partial charge in [0.25, 0.3) is 5.91 Å². The molecule has 1 atom stereocenters. The standard InChI is InChI=1S/C15H21N5O/c1-11-7-16-12(2)20(11)14-5-4-6-19(10-14)15(21)13-8-17-18(3)9-13/h7-9,14H,4-6,10H2,1-3H3. The number of aryl methyl sites for hydroxylation is 3. The van der Waals surface area contributed by atoms with E-state index in [0.717, 1.165) is 37.4 Å². The summed E-state index contributed by atoms with van der Waals surface area (Å²) in [4.78, 5) is 18.8. The molecule has 6 nitrogen and oxygen atoms in total. The highest BCUT2D eigenvalue weighted by Gasteiger charge is 2.27. The van der Waals surface area contributed by atoms with Gasteiger partial charge in [-0.05, 0) is 26.7 Å². The molecule has 6 heteroatoms. The van der Waals surface area contributed by atoms with Crippen LogP contribution in [0.5, 0.6) is 0 Å². The van der Waals surface area contributed by atoms with Crippen LogP contribution in [0.3, 0.4) is 0 Å². The van der Waals surface area contributed by atoms with Gasteiger partial charge in [-0.2, -0.15) is 5.10 Å². The van der Waals surface area contributed by atoms with Crippen LogP contribution in [0.25, 0.3) is 0 Å². The van der Waals surface area contributed by atoms with E-state index >= 15 is 0 Å². The third kappa shape index (κ3) is 2.57. The summed E-state index contributed by atoms with van der Waals surface area (Å²) in [6.45, 7) is 5.65. The van der Waals surface area contributed by atoms with E-state index in [1.54, 1.807) is 17.1 Å². The predicted octanol–water partition coefficient (Wildman–Crippen LogP) is 1.71. The molecule has 21 heavy (non-hydrogen) atoms. The number of imidazole rings is 1. The van der Waals surface area contributed by atoms with Crippen LogP contribution in [0.15, 0.2) is 18.6 Å². The quantitative estimate of drug-likeness (QED) is 0.845. The smallest absolute Gasteiger partial charge is 0.257 e. The molecule has 3 heterocycles. The van der Waals surface area contributed by atoms with Gasteiger partial charge < -0.3 is 9.47 Å². The number of aromatic nitrogens is 4. The van der Waals surface area contributed by atoms with E-state index in [-0.39, 0.29) is 5.91 Å². The number of amides is 1. The zero-order valence-electron chi connectivity index (χ0n) is 12.8. The summed E-state index contributed by atoms with van der Waals surface area (Å²) in [6.07, 6.45) is 7.43. The van der Waals surface area contributed by atoms with Crippen molar-refractivity contribution in [2.75, 3.05) is 13.1 Å². The van der Waals surface area contributed by atoms with Gasteiger partial charge in [-0.25, -0.2) is 4.98 Å². The Labute approximate surface area is 124 Å². The molecule has 0 N–H and O–H groups in total. The van der Waals surface area contributed by atoms with Crippen molar-refractivity contribution in [2.24, 2.45) is 7.05 Å². The molecule has 0 aromatic carbocycles. The van der Waals surface area contributed by atoms with Crippen molar-refractivity contribution in [3.05, 3.63) is 35.7 Å². The Kier molecular flexibility index (Phi) is 3.53. The number of piperidine rings is 1. The van der Waals surface area contributed by atoms with Crippen LogP contribution in [0.2, 0.25) is 0 Å².